The summed E-state index contributed by atoms with van der Waals surface area (Å²) in [6.07, 6.45) is 8.53. The monoisotopic (exact) mass is 440 g/mol. The molecule has 8 nitrogen and oxygen atoms in total. The quantitative estimate of drug-likeness (QED) is 0.565. The molecule has 1 aromatic heterocycles. The fourth-order valence-electron chi connectivity index (χ4n) is 4.00. The second-order valence-corrected chi connectivity index (χ2v) is 7.86. The molecule has 0 atom stereocenters. The van der Waals surface area contributed by atoms with E-state index in [2.05, 4.69) is 26.9 Å². The van der Waals surface area contributed by atoms with Gasteiger partial charge in [-0.05, 0) is 42.8 Å². The van der Waals surface area contributed by atoms with Crippen LogP contribution in [0, 0.1) is 16.7 Å². The van der Waals surface area contributed by atoms with E-state index in [0.717, 1.165) is 66.4 Å². The van der Waals surface area contributed by atoms with Gasteiger partial charge in [0.1, 0.15) is 5.82 Å². The van der Waals surface area contributed by atoms with Gasteiger partial charge in [0.2, 0.25) is 5.95 Å². The van der Waals surface area contributed by atoms with Crippen LogP contribution in [0.15, 0.2) is 54.3 Å². The number of allylic oxidation sites excluding steroid dienone is 5. The summed E-state index contributed by atoms with van der Waals surface area (Å²) >= 11 is 0. The van der Waals surface area contributed by atoms with Gasteiger partial charge in [0.15, 0.2) is 0 Å². The Labute approximate surface area is 194 Å². The highest BCUT2D eigenvalue weighted by Gasteiger charge is 2.23. The zero-order valence-electron chi connectivity index (χ0n) is 18.9. The van der Waals surface area contributed by atoms with Gasteiger partial charge < -0.3 is 26.3 Å². The summed E-state index contributed by atoms with van der Waals surface area (Å²) in [5, 5.41) is 27.2. The Morgan fingerprint density at radius 3 is 2.67 bits per heavy atom. The molecule has 0 radical (unpaired) electrons. The van der Waals surface area contributed by atoms with Gasteiger partial charge in [-0.2, -0.15) is 10.2 Å². The van der Waals surface area contributed by atoms with E-state index in [1.807, 2.05) is 56.7 Å². The zero-order chi connectivity index (χ0) is 23.2. The van der Waals surface area contributed by atoms with Gasteiger partial charge in [-0.3, -0.25) is 0 Å². The number of benzene rings is 1. The van der Waals surface area contributed by atoms with Crippen LogP contribution < -0.4 is 20.9 Å². The first-order valence-electron chi connectivity index (χ1n) is 11.1. The van der Waals surface area contributed by atoms with Crippen molar-refractivity contribution in [3.63, 3.8) is 0 Å². The predicted octanol–water partition coefficient (Wildman–Crippen LogP) is 2.93. The molecule has 2 aromatic rings. The Kier molecular flexibility index (Phi) is 6.81. The fourth-order valence-corrected chi connectivity index (χ4v) is 4.00. The van der Waals surface area contributed by atoms with Crippen LogP contribution in [-0.2, 0) is 0 Å². The van der Waals surface area contributed by atoms with Crippen molar-refractivity contribution in [3.05, 3.63) is 65.4 Å². The Morgan fingerprint density at radius 1 is 1.12 bits per heavy atom. The van der Waals surface area contributed by atoms with Crippen LogP contribution in [0.2, 0.25) is 0 Å². The van der Waals surface area contributed by atoms with Crippen molar-refractivity contribution >= 4 is 23.1 Å². The molecule has 0 spiro atoms. The molecule has 0 bridgehead atoms. The molecule has 4 N–H and O–H groups in total. The first kappa shape index (κ1) is 22.2. The SMILES string of the molecule is CN/C=C1/C=C(c2c(NC)nc(N3CCCNCC3)nc2-c2ccc(C#N)cc2)C=CC1=N. The summed E-state index contributed by atoms with van der Waals surface area (Å²) in [5.74, 6) is 1.41. The molecule has 1 aliphatic heterocycles. The molecule has 2 heterocycles. The normalized spacial score (nSPS) is 17.4. The third-order valence-corrected chi connectivity index (χ3v) is 5.68. The van der Waals surface area contributed by atoms with Crippen LogP contribution in [0.5, 0.6) is 0 Å². The number of nitriles is 1. The maximum absolute atomic E-state index is 9.24. The van der Waals surface area contributed by atoms with Crippen LogP contribution >= 0.6 is 0 Å². The van der Waals surface area contributed by atoms with Crippen LogP contribution in [0.25, 0.3) is 16.8 Å². The molecule has 33 heavy (non-hydrogen) atoms. The Balaban J connectivity index is 1.91. The Morgan fingerprint density at radius 2 is 1.94 bits per heavy atom. The highest BCUT2D eigenvalue weighted by Crippen LogP contribution is 2.36. The van der Waals surface area contributed by atoms with E-state index in [4.69, 9.17) is 15.4 Å². The van der Waals surface area contributed by atoms with E-state index in [1.165, 1.54) is 0 Å². The standard InChI is InChI=1S/C25H28N8/c1-28-16-20-14-19(8-9-21(20)27)22-23(18-6-4-17(15-26)5-7-18)31-25(32-24(22)29-2)33-12-3-10-30-11-13-33/h4-9,14,16,27-28,30H,3,10-13H2,1-2H3,(H,29,31,32)/b20-16-,27-21?. The van der Waals surface area contributed by atoms with Crippen molar-refractivity contribution in [2.75, 3.05) is 50.5 Å². The molecule has 1 saturated heterocycles. The number of hydrogen-bond acceptors (Lipinski definition) is 8. The maximum atomic E-state index is 9.24. The van der Waals surface area contributed by atoms with Crippen molar-refractivity contribution in [1.82, 2.24) is 20.6 Å². The zero-order valence-corrected chi connectivity index (χ0v) is 18.9. The lowest BCUT2D eigenvalue weighted by Crippen LogP contribution is -2.30. The van der Waals surface area contributed by atoms with Crippen molar-refractivity contribution < 1.29 is 0 Å². The minimum absolute atomic E-state index is 0.439. The average molecular weight is 441 g/mol. The molecule has 1 aromatic carbocycles. The first-order valence-corrected chi connectivity index (χ1v) is 11.1. The minimum atomic E-state index is 0.439. The van der Waals surface area contributed by atoms with Crippen LogP contribution in [0.1, 0.15) is 17.5 Å². The average Bonchev–Trinajstić information content (AvgIpc) is 3.14. The van der Waals surface area contributed by atoms with Gasteiger partial charge in [0, 0.05) is 51.1 Å². The lowest BCUT2D eigenvalue weighted by Gasteiger charge is -2.24. The molecule has 0 unspecified atom stereocenters. The lowest BCUT2D eigenvalue weighted by molar-refractivity contribution is 0.724. The van der Waals surface area contributed by atoms with E-state index >= 15 is 0 Å². The van der Waals surface area contributed by atoms with Gasteiger partial charge in [-0.25, -0.2) is 4.98 Å². The highest BCUT2D eigenvalue weighted by molar-refractivity contribution is 6.14. The summed E-state index contributed by atoms with van der Waals surface area (Å²) in [6.45, 7) is 3.60. The minimum Gasteiger partial charge on any atom is -0.393 e. The second-order valence-electron chi connectivity index (χ2n) is 7.86. The summed E-state index contributed by atoms with van der Waals surface area (Å²) < 4.78 is 0. The van der Waals surface area contributed by atoms with E-state index in [9.17, 15) is 5.26 Å². The molecule has 4 rings (SSSR count). The first-order chi connectivity index (χ1) is 16.1. The highest BCUT2D eigenvalue weighted by atomic mass is 15.3. The molecule has 0 amide bonds. The molecular weight excluding hydrogens is 412 g/mol. The molecule has 1 fully saturated rings. The molecule has 2 aliphatic rings. The van der Waals surface area contributed by atoms with Gasteiger partial charge >= 0.3 is 0 Å². The van der Waals surface area contributed by atoms with Gasteiger partial charge in [0.25, 0.3) is 0 Å². The second kappa shape index (κ2) is 10.1. The molecule has 0 saturated carbocycles. The van der Waals surface area contributed by atoms with E-state index in [1.54, 1.807) is 6.08 Å². The largest absolute Gasteiger partial charge is 0.393 e. The summed E-state index contributed by atoms with van der Waals surface area (Å²) in [4.78, 5) is 12.2. The van der Waals surface area contributed by atoms with Crippen molar-refractivity contribution in [2.45, 2.75) is 6.42 Å². The maximum Gasteiger partial charge on any atom is 0.227 e. The van der Waals surface area contributed by atoms with Gasteiger partial charge in [0.05, 0.1) is 28.6 Å². The van der Waals surface area contributed by atoms with Gasteiger partial charge in [-0.15, -0.1) is 0 Å². The third-order valence-electron chi connectivity index (χ3n) is 5.68. The Hall–Kier alpha value is -3.96. The number of nitrogens with one attached hydrogen (secondary N) is 4. The van der Waals surface area contributed by atoms with Crippen LogP contribution in [-0.4, -0.2) is 56.0 Å². The number of rotatable bonds is 5. The molecule has 168 valence electrons. The predicted molar refractivity (Wildman–Crippen MR) is 133 cm³/mol. The van der Waals surface area contributed by atoms with E-state index in [-0.39, 0.29) is 0 Å². The smallest absolute Gasteiger partial charge is 0.227 e. The van der Waals surface area contributed by atoms with Gasteiger partial charge in [-0.1, -0.05) is 18.2 Å². The third kappa shape index (κ3) is 4.78. The molecule has 1 aliphatic carbocycles. The van der Waals surface area contributed by atoms with Crippen molar-refractivity contribution in [3.8, 4) is 17.3 Å². The number of anilines is 2. The van der Waals surface area contributed by atoms with Crippen LogP contribution in [0.4, 0.5) is 11.8 Å². The summed E-state index contributed by atoms with van der Waals surface area (Å²) in [5.41, 5.74) is 5.31. The van der Waals surface area contributed by atoms with Crippen molar-refractivity contribution in [1.29, 1.82) is 10.7 Å². The summed E-state index contributed by atoms with van der Waals surface area (Å²) in [7, 11) is 3.68. The molecular formula is C25H28N8. The van der Waals surface area contributed by atoms with Crippen molar-refractivity contribution in [2.24, 2.45) is 0 Å². The van der Waals surface area contributed by atoms with Crippen LogP contribution in [0.3, 0.4) is 0 Å². The number of hydrogen-bond donors (Lipinski definition) is 4. The molecule has 8 heteroatoms. The topological polar surface area (TPSA) is 113 Å². The lowest BCUT2D eigenvalue weighted by atomic mass is 9.92. The summed E-state index contributed by atoms with van der Waals surface area (Å²) in [6, 6.07) is 9.65. The fraction of sp³-hybridized carbons (Fsp3) is 0.280. The number of aromatic nitrogens is 2. The Bertz CT molecular complexity index is 1160. The van der Waals surface area contributed by atoms with E-state index < -0.39 is 0 Å². The number of nitrogens with zero attached hydrogens (tertiary/aromatic N) is 4. The van der Waals surface area contributed by atoms with E-state index in [0.29, 0.717) is 17.2 Å².